The number of likely N-dealkylation sites (tertiary alicyclic amines) is 1. The number of amides is 1. The van der Waals surface area contributed by atoms with Crippen LogP contribution in [0.15, 0.2) is 36.7 Å². The number of carbonyl (C=O) groups is 1. The van der Waals surface area contributed by atoms with Crippen LogP contribution in [0, 0.1) is 5.82 Å². The van der Waals surface area contributed by atoms with E-state index in [0.717, 1.165) is 0 Å². The molecule has 2 atom stereocenters. The molecule has 1 N–H and O–H groups in total. The van der Waals surface area contributed by atoms with Gasteiger partial charge in [-0.2, -0.15) is 0 Å². The van der Waals surface area contributed by atoms with Crippen molar-refractivity contribution in [1.82, 2.24) is 19.8 Å². The van der Waals surface area contributed by atoms with Gasteiger partial charge in [-0.05, 0) is 25.2 Å². The zero-order valence-corrected chi connectivity index (χ0v) is 19.6. The summed E-state index contributed by atoms with van der Waals surface area (Å²) in [6, 6.07) is 7.96. The van der Waals surface area contributed by atoms with Crippen LogP contribution >= 0.6 is 11.6 Å². The molecule has 0 unspecified atom stereocenters. The number of likely N-dealkylation sites (N-methyl/N-ethyl adjacent to an activating group) is 2. The highest BCUT2D eigenvalue weighted by Crippen LogP contribution is 2.37. The fourth-order valence-corrected chi connectivity index (χ4v) is 4.12. The lowest BCUT2D eigenvalue weighted by atomic mass is 10.1. The van der Waals surface area contributed by atoms with Crippen molar-refractivity contribution in [1.29, 1.82) is 0 Å². The van der Waals surface area contributed by atoms with Gasteiger partial charge in [0.05, 0.1) is 29.4 Å². The Hall–Kier alpha value is -3.17. The van der Waals surface area contributed by atoms with E-state index >= 15 is 0 Å². The molecule has 174 valence electrons. The van der Waals surface area contributed by atoms with Crippen LogP contribution in [0.25, 0.3) is 10.9 Å². The van der Waals surface area contributed by atoms with Crippen LogP contribution in [0.2, 0.25) is 5.02 Å². The van der Waals surface area contributed by atoms with Gasteiger partial charge >= 0.3 is 0 Å². The summed E-state index contributed by atoms with van der Waals surface area (Å²) in [5, 5.41) is 3.63. The summed E-state index contributed by atoms with van der Waals surface area (Å²) in [5.41, 5.74) is 0.798. The number of methoxy groups -OCH3 is 1. The largest absolute Gasteiger partial charge is 0.493 e. The second-order valence-corrected chi connectivity index (χ2v) is 8.54. The normalized spacial score (nSPS) is 18.4. The third kappa shape index (κ3) is 4.65. The lowest BCUT2D eigenvalue weighted by Gasteiger charge is -2.21. The van der Waals surface area contributed by atoms with Crippen molar-refractivity contribution in [3.8, 4) is 11.5 Å². The number of rotatable bonds is 6. The van der Waals surface area contributed by atoms with Gasteiger partial charge in [-0.1, -0.05) is 17.7 Å². The zero-order valence-electron chi connectivity index (χ0n) is 18.8. The third-order valence-electron chi connectivity index (χ3n) is 5.65. The molecule has 0 saturated carbocycles. The maximum Gasteiger partial charge on any atom is 0.239 e. The smallest absolute Gasteiger partial charge is 0.239 e. The molecule has 2 aromatic carbocycles. The lowest BCUT2D eigenvalue weighted by Crippen LogP contribution is -2.40. The average Bonchev–Trinajstić information content (AvgIpc) is 3.16. The maximum absolute atomic E-state index is 14.4. The van der Waals surface area contributed by atoms with E-state index in [2.05, 4.69) is 15.3 Å². The summed E-state index contributed by atoms with van der Waals surface area (Å²) in [6.45, 7) is 0.593. The number of benzene rings is 2. The van der Waals surface area contributed by atoms with E-state index in [1.54, 1.807) is 50.4 Å². The standard InChI is InChI=1S/C23H25ClFN5O3/c1-29(2)23(31)18-8-13(11-30(18)3)33-20-9-14-17(10-19(20)32-4)26-12-27-22(14)28-16-7-5-6-15(24)21(16)25/h5-7,9-10,12-13,18H,8,11H2,1-4H3,(H,26,27,28)/t13-,18-/m1/s1. The van der Waals surface area contributed by atoms with E-state index < -0.39 is 5.82 Å². The monoisotopic (exact) mass is 473 g/mol. The van der Waals surface area contributed by atoms with E-state index in [9.17, 15) is 9.18 Å². The number of fused-ring (bicyclic) bond motifs is 1. The molecule has 8 nitrogen and oxygen atoms in total. The molecular weight excluding hydrogens is 449 g/mol. The zero-order chi connectivity index (χ0) is 23.7. The molecular formula is C23H25ClFN5O3. The van der Waals surface area contributed by atoms with Crippen LogP contribution in [-0.4, -0.2) is 72.6 Å². The molecule has 1 aromatic heterocycles. The van der Waals surface area contributed by atoms with Crippen molar-refractivity contribution < 1.29 is 18.7 Å². The Morgan fingerprint density at radius 1 is 1.27 bits per heavy atom. The summed E-state index contributed by atoms with van der Waals surface area (Å²) in [6.07, 6.45) is 1.73. The van der Waals surface area contributed by atoms with Crippen molar-refractivity contribution in [2.75, 3.05) is 40.1 Å². The fourth-order valence-electron chi connectivity index (χ4n) is 3.95. The number of nitrogens with zero attached hydrogens (tertiary/aromatic N) is 4. The van der Waals surface area contributed by atoms with E-state index in [1.807, 2.05) is 11.9 Å². The van der Waals surface area contributed by atoms with Gasteiger partial charge in [0, 0.05) is 38.5 Å². The SMILES string of the molecule is COc1cc2ncnc(Nc3cccc(Cl)c3F)c2cc1O[C@@H]1C[C@H](C(=O)N(C)C)N(C)C1. The Balaban J connectivity index is 1.65. The molecule has 1 saturated heterocycles. The number of aromatic nitrogens is 2. The van der Waals surface area contributed by atoms with Gasteiger partial charge in [0.1, 0.15) is 18.2 Å². The van der Waals surface area contributed by atoms with Crippen molar-refractivity contribution in [3.63, 3.8) is 0 Å². The molecule has 1 fully saturated rings. The van der Waals surface area contributed by atoms with Crippen LogP contribution in [-0.2, 0) is 4.79 Å². The van der Waals surface area contributed by atoms with Crippen molar-refractivity contribution in [2.24, 2.45) is 0 Å². The highest BCUT2D eigenvalue weighted by molar-refractivity contribution is 6.31. The fraction of sp³-hybridized carbons (Fsp3) is 0.348. The lowest BCUT2D eigenvalue weighted by molar-refractivity contribution is -0.133. The first-order valence-corrected chi connectivity index (χ1v) is 10.8. The molecule has 1 amide bonds. The average molecular weight is 474 g/mol. The highest BCUT2D eigenvalue weighted by atomic mass is 35.5. The first kappa shape index (κ1) is 23.0. The number of nitrogens with one attached hydrogen (secondary N) is 1. The minimum atomic E-state index is -0.568. The van der Waals surface area contributed by atoms with Gasteiger partial charge in [-0.15, -0.1) is 0 Å². The third-order valence-corrected chi connectivity index (χ3v) is 5.95. The number of hydrogen-bond acceptors (Lipinski definition) is 7. The Morgan fingerprint density at radius 2 is 2.06 bits per heavy atom. The number of carbonyl (C=O) groups excluding carboxylic acids is 1. The van der Waals surface area contributed by atoms with Gasteiger partial charge in [0.2, 0.25) is 5.91 Å². The Bertz CT molecular complexity index is 1190. The quantitative estimate of drug-likeness (QED) is 0.584. The first-order valence-electron chi connectivity index (χ1n) is 10.4. The van der Waals surface area contributed by atoms with Gasteiger partial charge in [-0.3, -0.25) is 9.69 Å². The Morgan fingerprint density at radius 3 is 2.79 bits per heavy atom. The van der Waals surface area contributed by atoms with Crippen LogP contribution in [0.1, 0.15) is 6.42 Å². The van der Waals surface area contributed by atoms with E-state index in [0.29, 0.717) is 41.2 Å². The summed E-state index contributed by atoms with van der Waals surface area (Å²) in [4.78, 5) is 24.6. The van der Waals surface area contributed by atoms with Gasteiger partial charge in [0.15, 0.2) is 17.3 Å². The molecule has 1 aliphatic heterocycles. The second kappa shape index (κ2) is 9.36. The minimum absolute atomic E-state index is 0.0104. The number of halogens is 2. The van der Waals surface area contributed by atoms with Crippen LogP contribution < -0.4 is 14.8 Å². The van der Waals surface area contributed by atoms with Crippen molar-refractivity contribution in [2.45, 2.75) is 18.6 Å². The highest BCUT2D eigenvalue weighted by Gasteiger charge is 2.36. The Labute approximate surface area is 196 Å². The first-order chi connectivity index (χ1) is 15.8. The van der Waals surface area contributed by atoms with Crippen molar-refractivity contribution >= 4 is 39.9 Å². The van der Waals surface area contributed by atoms with E-state index in [4.69, 9.17) is 21.1 Å². The van der Waals surface area contributed by atoms with Gasteiger partial charge in [-0.25, -0.2) is 14.4 Å². The van der Waals surface area contributed by atoms with E-state index in [1.165, 1.54) is 12.4 Å². The second-order valence-electron chi connectivity index (χ2n) is 8.13. The Kier molecular flexibility index (Phi) is 6.53. The van der Waals surface area contributed by atoms with E-state index in [-0.39, 0.29) is 28.8 Å². The molecule has 3 aromatic rings. The van der Waals surface area contributed by atoms with Gasteiger partial charge < -0.3 is 19.7 Å². The van der Waals surface area contributed by atoms with Crippen LogP contribution in [0.4, 0.5) is 15.9 Å². The summed E-state index contributed by atoms with van der Waals surface area (Å²) >= 11 is 5.91. The van der Waals surface area contributed by atoms with Crippen LogP contribution in [0.3, 0.4) is 0 Å². The molecule has 0 radical (unpaired) electrons. The summed E-state index contributed by atoms with van der Waals surface area (Å²) < 4.78 is 26.2. The number of hydrogen-bond donors (Lipinski definition) is 1. The molecule has 0 aliphatic carbocycles. The molecule has 10 heteroatoms. The number of ether oxygens (including phenoxy) is 2. The minimum Gasteiger partial charge on any atom is -0.493 e. The van der Waals surface area contributed by atoms with Crippen molar-refractivity contribution in [3.05, 3.63) is 47.5 Å². The number of anilines is 2. The molecule has 33 heavy (non-hydrogen) atoms. The predicted octanol–water partition coefficient (Wildman–Crippen LogP) is 3.71. The predicted molar refractivity (Wildman–Crippen MR) is 125 cm³/mol. The topological polar surface area (TPSA) is 79.8 Å². The molecule has 0 bridgehead atoms. The van der Waals surface area contributed by atoms with Crippen LogP contribution in [0.5, 0.6) is 11.5 Å². The van der Waals surface area contributed by atoms with Gasteiger partial charge in [0.25, 0.3) is 0 Å². The molecule has 4 rings (SSSR count). The maximum atomic E-state index is 14.4. The summed E-state index contributed by atoms with van der Waals surface area (Å²) in [5.74, 6) is 0.869. The molecule has 1 aliphatic rings. The molecule has 2 heterocycles. The molecule has 0 spiro atoms. The summed E-state index contributed by atoms with van der Waals surface area (Å²) in [7, 11) is 6.94.